The number of halogens is 1. The molecule has 0 bridgehead atoms. The fourth-order valence-electron chi connectivity index (χ4n) is 1.25. The molecule has 0 aliphatic heterocycles. The quantitative estimate of drug-likeness (QED) is 0.777. The molecule has 1 amide bonds. The van der Waals surface area contributed by atoms with Crippen LogP contribution in [0.25, 0.3) is 0 Å². The summed E-state index contributed by atoms with van der Waals surface area (Å²) in [5.74, 6) is -0.551. The van der Waals surface area contributed by atoms with Crippen molar-refractivity contribution in [3.8, 4) is 0 Å². The zero-order chi connectivity index (χ0) is 14.6. The van der Waals surface area contributed by atoms with Gasteiger partial charge in [0, 0.05) is 26.2 Å². The van der Waals surface area contributed by atoms with Crippen molar-refractivity contribution in [3.05, 3.63) is 28.8 Å². The number of anilines is 1. The minimum Gasteiger partial charge on any atom is -0.398 e. The Kier molecular flexibility index (Phi) is 5.16. The van der Waals surface area contributed by atoms with Crippen molar-refractivity contribution in [2.45, 2.75) is 0 Å². The highest BCUT2D eigenvalue weighted by Crippen LogP contribution is 2.19. The molecule has 19 heavy (non-hydrogen) atoms. The first-order valence-corrected chi connectivity index (χ1v) is 7.46. The van der Waals surface area contributed by atoms with Crippen molar-refractivity contribution in [3.63, 3.8) is 0 Å². The first-order chi connectivity index (χ1) is 8.74. The fraction of sp³-hybridized carbons (Fsp3) is 0.364. The Morgan fingerprint density at radius 3 is 2.58 bits per heavy atom. The number of amides is 1. The molecule has 0 aliphatic carbocycles. The topological polar surface area (TPSA) is 92.5 Å². The number of nitrogens with two attached hydrogens (primary N) is 1. The molecule has 0 unspecified atom stereocenters. The number of benzene rings is 1. The van der Waals surface area contributed by atoms with Crippen LogP contribution in [0.5, 0.6) is 0 Å². The Bertz CT molecular complexity index is 573. The number of carbonyl (C=O) groups excluding carboxylic acids is 1. The van der Waals surface area contributed by atoms with E-state index < -0.39 is 15.9 Å². The van der Waals surface area contributed by atoms with Crippen molar-refractivity contribution in [2.24, 2.45) is 0 Å². The van der Waals surface area contributed by atoms with Crippen LogP contribution in [0.3, 0.4) is 0 Å². The van der Waals surface area contributed by atoms with Gasteiger partial charge in [0.2, 0.25) is 10.0 Å². The molecule has 0 atom stereocenters. The van der Waals surface area contributed by atoms with E-state index in [-0.39, 0.29) is 17.3 Å². The molecule has 0 saturated heterocycles. The van der Waals surface area contributed by atoms with E-state index in [0.29, 0.717) is 11.3 Å². The van der Waals surface area contributed by atoms with E-state index in [1.165, 1.54) is 32.3 Å². The van der Waals surface area contributed by atoms with E-state index in [1.807, 2.05) is 0 Å². The average molecular weight is 306 g/mol. The number of nitrogens with one attached hydrogen (secondary N) is 1. The normalized spacial score (nSPS) is 11.6. The largest absolute Gasteiger partial charge is 0.398 e. The zero-order valence-electron chi connectivity index (χ0n) is 10.7. The maximum Gasteiger partial charge on any atom is 0.251 e. The zero-order valence-corrected chi connectivity index (χ0v) is 12.3. The third kappa shape index (κ3) is 4.38. The summed E-state index contributed by atoms with van der Waals surface area (Å²) in [6.45, 7) is 0.0291. The predicted octanol–water partition coefficient (Wildman–Crippen LogP) is 0.543. The number of sulfonamides is 1. The van der Waals surface area contributed by atoms with E-state index >= 15 is 0 Å². The monoisotopic (exact) mass is 305 g/mol. The summed E-state index contributed by atoms with van der Waals surface area (Å²) in [5, 5.41) is 2.80. The maximum absolute atomic E-state index is 11.7. The number of hydrogen-bond acceptors (Lipinski definition) is 4. The number of hydrogen-bond donors (Lipinski definition) is 2. The van der Waals surface area contributed by atoms with Gasteiger partial charge in [0.25, 0.3) is 5.91 Å². The second kappa shape index (κ2) is 6.23. The first kappa shape index (κ1) is 15.7. The summed E-state index contributed by atoms with van der Waals surface area (Å²) in [6.07, 6.45) is 0. The Balaban J connectivity index is 2.59. The van der Waals surface area contributed by atoms with Gasteiger partial charge in [-0.3, -0.25) is 4.79 Å². The lowest BCUT2D eigenvalue weighted by Gasteiger charge is -2.11. The van der Waals surface area contributed by atoms with Gasteiger partial charge in [-0.25, -0.2) is 12.7 Å². The van der Waals surface area contributed by atoms with Gasteiger partial charge in [-0.2, -0.15) is 0 Å². The molecular weight excluding hydrogens is 290 g/mol. The van der Waals surface area contributed by atoms with Crippen molar-refractivity contribution >= 4 is 33.2 Å². The summed E-state index contributed by atoms with van der Waals surface area (Å²) in [5.41, 5.74) is 6.25. The highest BCUT2D eigenvalue weighted by atomic mass is 35.5. The lowest BCUT2D eigenvalue weighted by atomic mass is 10.2. The van der Waals surface area contributed by atoms with Crippen molar-refractivity contribution in [1.82, 2.24) is 9.62 Å². The molecule has 3 N–H and O–H groups in total. The van der Waals surface area contributed by atoms with E-state index in [0.717, 1.165) is 4.31 Å². The maximum atomic E-state index is 11.7. The molecule has 0 aromatic heterocycles. The molecule has 106 valence electrons. The molecule has 0 aliphatic rings. The van der Waals surface area contributed by atoms with Crippen molar-refractivity contribution < 1.29 is 13.2 Å². The lowest BCUT2D eigenvalue weighted by Crippen LogP contribution is -2.33. The van der Waals surface area contributed by atoms with E-state index in [9.17, 15) is 13.2 Å². The molecule has 0 radical (unpaired) electrons. The number of carbonyl (C=O) groups is 1. The molecule has 0 saturated carbocycles. The Hall–Kier alpha value is -1.31. The second-order valence-corrected chi connectivity index (χ2v) is 6.80. The van der Waals surface area contributed by atoms with Gasteiger partial charge in [-0.15, -0.1) is 0 Å². The molecule has 6 nitrogen and oxygen atoms in total. The van der Waals surface area contributed by atoms with Gasteiger partial charge in [0.05, 0.1) is 16.5 Å². The van der Waals surface area contributed by atoms with Crippen LogP contribution in [0.4, 0.5) is 5.69 Å². The second-order valence-electron chi connectivity index (χ2n) is 4.09. The van der Waals surface area contributed by atoms with Gasteiger partial charge in [-0.05, 0) is 18.2 Å². The Morgan fingerprint density at radius 1 is 1.42 bits per heavy atom. The van der Waals surface area contributed by atoms with Crippen LogP contribution >= 0.6 is 11.6 Å². The highest BCUT2D eigenvalue weighted by Gasteiger charge is 2.14. The van der Waals surface area contributed by atoms with Crippen LogP contribution in [0.15, 0.2) is 18.2 Å². The number of nitrogens with zero attached hydrogens (tertiary/aromatic N) is 1. The third-order valence-corrected chi connectivity index (χ3v) is 4.62. The summed E-state index contributed by atoms with van der Waals surface area (Å²) >= 11 is 5.80. The van der Waals surface area contributed by atoms with Crippen LogP contribution in [-0.4, -0.2) is 45.0 Å². The number of rotatable bonds is 5. The van der Waals surface area contributed by atoms with Crippen LogP contribution in [0, 0.1) is 0 Å². The Labute approximate surface area is 117 Å². The standard InChI is InChI=1S/C11H16ClN3O3S/c1-15(2)19(17,18)6-5-14-11(16)8-3-4-10(13)9(12)7-8/h3-4,7H,5-6,13H2,1-2H3,(H,14,16). The highest BCUT2D eigenvalue weighted by molar-refractivity contribution is 7.89. The van der Waals surface area contributed by atoms with Gasteiger partial charge in [0.1, 0.15) is 0 Å². The Morgan fingerprint density at radius 2 is 2.05 bits per heavy atom. The minimum atomic E-state index is -3.32. The molecule has 0 spiro atoms. The van der Waals surface area contributed by atoms with Crippen LogP contribution in [0.1, 0.15) is 10.4 Å². The van der Waals surface area contributed by atoms with Crippen LogP contribution in [-0.2, 0) is 10.0 Å². The molecule has 8 heteroatoms. The van der Waals surface area contributed by atoms with Crippen molar-refractivity contribution in [1.29, 1.82) is 0 Å². The van der Waals surface area contributed by atoms with E-state index in [1.54, 1.807) is 0 Å². The van der Waals surface area contributed by atoms with Crippen LogP contribution < -0.4 is 11.1 Å². The minimum absolute atomic E-state index is 0.0291. The van der Waals surface area contributed by atoms with Gasteiger partial charge >= 0.3 is 0 Å². The van der Waals surface area contributed by atoms with Gasteiger partial charge < -0.3 is 11.1 Å². The van der Waals surface area contributed by atoms with Gasteiger partial charge in [-0.1, -0.05) is 11.6 Å². The fourth-order valence-corrected chi connectivity index (χ4v) is 2.15. The molecule has 1 aromatic rings. The summed E-state index contributed by atoms with van der Waals surface area (Å²) < 4.78 is 24.1. The predicted molar refractivity (Wildman–Crippen MR) is 75.7 cm³/mol. The molecule has 0 fully saturated rings. The van der Waals surface area contributed by atoms with Crippen molar-refractivity contribution in [2.75, 3.05) is 32.1 Å². The number of nitrogen functional groups attached to an aromatic ring is 1. The molecular formula is C11H16ClN3O3S. The van der Waals surface area contributed by atoms with E-state index in [2.05, 4.69) is 5.32 Å². The average Bonchev–Trinajstić information content (AvgIpc) is 2.32. The van der Waals surface area contributed by atoms with Gasteiger partial charge in [0.15, 0.2) is 0 Å². The summed E-state index contributed by atoms with van der Waals surface area (Å²) in [4.78, 5) is 11.7. The molecule has 1 rings (SSSR count). The SMILES string of the molecule is CN(C)S(=O)(=O)CCNC(=O)c1ccc(N)c(Cl)c1. The smallest absolute Gasteiger partial charge is 0.251 e. The molecule has 0 heterocycles. The third-order valence-electron chi connectivity index (χ3n) is 2.46. The lowest BCUT2D eigenvalue weighted by molar-refractivity contribution is 0.0956. The van der Waals surface area contributed by atoms with Crippen LogP contribution in [0.2, 0.25) is 5.02 Å². The first-order valence-electron chi connectivity index (χ1n) is 5.47. The summed E-state index contributed by atoms with van der Waals surface area (Å²) in [6, 6.07) is 4.48. The molecule has 1 aromatic carbocycles. The summed E-state index contributed by atoms with van der Waals surface area (Å²) in [7, 11) is -0.436. The van der Waals surface area contributed by atoms with E-state index in [4.69, 9.17) is 17.3 Å².